The highest BCUT2D eigenvalue weighted by Gasteiger charge is 2.22. The van der Waals surface area contributed by atoms with Crippen LogP contribution in [0.2, 0.25) is 0 Å². The van der Waals surface area contributed by atoms with Crippen molar-refractivity contribution in [1.29, 1.82) is 0 Å². The second-order valence-electron chi connectivity index (χ2n) is 4.79. The lowest BCUT2D eigenvalue weighted by Gasteiger charge is -2.12. The van der Waals surface area contributed by atoms with E-state index in [1.54, 1.807) is 6.92 Å². The quantitative estimate of drug-likeness (QED) is 0.847. The molecule has 0 aliphatic heterocycles. The smallest absolute Gasteiger partial charge is 0.326 e. The number of nitrogens with one attached hydrogen (secondary N) is 1. The number of halogens is 2. The molecule has 2 aromatic rings. The number of benzene rings is 1. The van der Waals surface area contributed by atoms with Crippen molar-refractivity contribution in [3.05, 3.63) is 40.9 Å². The molecule has 1 atom stereocenters. The monoisotopic (exact) mass is 340 g/mol. The number of thiazole rings is 1. The summed E-state index contributed by atoms with van der Waals surface area (Å²) in [5.74, 6) is -3.39. The van der Waals surface area contributed by atoms with Gasteiger partial charge in [0.25, 0.3) is 5.91 Å². The largest absolute Gasteiger partial charge is 0.480 e. The molecule has 2 N–H and O–H groups in total. The molecule has 2 rings (SSSR count). The van der Waals surface area contributed by atoms with Gasteiger partial charge in [-0.25, -0.2) is 18.6 Å². The van der Waals surface area contributed by atoms with Crippen molar-refractivity contribution in [1.82, 2.24) is 10.3 Å². The third-order valence-corrected chi connectivity index (χ3v) is 3.95. The van der Waals surface area contributed by atoms with Gasteiger partial charge in [0.15, 0.2) is 0 Å². The first kappa shape index (κ1) is 17.0. The lowest BCUT2D eigenvalue weighted by Crippen LogP contribution is -2.40. The molecule has 0 fully saturated rings. The van der Waals surface area contributed by atoms with Crippen molar-refractivity contribution in [2.75, 3.05) is 0 Å². The molecule has 8 heteroatoms. The molecule has 1 unspecified atom stereocenters. The fraction of sp³-hybridized carbons (Fsp3) is 0.267. The lowest BCUT2D eigenvalue weighted by atomic mass is 10.1. The van der Waals surface area contributed by atoms with Crippen LogP contribution in [0, 0.1) is 11.6 Å². The Morgan fingerprint density at radius 2 is 2.00 bits per heavy atom. The van der Waals surface area contributed by atoms with E-state index < -0.39 is 29.6 Å². The van der Waals surface area contributed by atoms with Crippen LogP contribution in [0.25, 0.3) is 10.6 Å². The molecular formula is C15H14F2N2O3S. The molecule has 1 amide bonds. The lowest BCUT2D eigenvalue weighted by molar-refractivity contribution is -0.139. The molecule has 0 radical (unpaired) electrons. The fourth-order valence-corrected chi connectivity index (χ4v) is 2.82. The summed E-state index contributed by atoms with van der Waals surface area (Å²) in [4.78, 5) is 27.0. The number of hydrogen-bond acceptors (Lipinski definition) is 4. The predicted molar refractivity (Wildman–Crippen MR) is 81.3 cm³/mol. The third-order valence-electron chi connectivity index (χ3n) is 3.09. The van der Waals surface area contributed by atoms with Gasteiger partial charge in [0, 0.05) is 5.38 Å². The highest BCUT2D eigenvalue weighted by molar-refractivity contribution is 7.13. The summed E-state index contributed by atoms with van der Waals surface area (Å²) in [7, 11) is 0. The summed E-state index contributed by atoms with van der Waals surface area (Å²) >= 11 is 0.909. The van der Waals surface area contributed by atoms with E-state index in [1.807, 2.05) is 0 Å². The second kappa shape index (κ2) is 7.28. The number of aliphatic carboxylic acids is 1. The van der Waals surface area contributed by atoms with E-state index in [9.17, 15) is 18.4 Å². The van der Waals surface area contributed by atoms with Crippen LogP contribution in [-0.4, -0.2) is 28.0 Å². The fourth-order valence-electron chi connectivity index (χ4n) is 1.97. The Balaban J connectivity index is 2.22. The minimum absolute atomic E-state index is 0.0214. The van der Waals surface area contributed by atoms with Crippen molar-refractivity contribution < 1.29 is 23.5 Å². The molecule has 1 aromatic heterocycles. The number of aromatic nitrogens is 1. The number of hydrogen-bond donors (Lipinski definition) is 2. The molecule has 0 spiro atoms. The van der Waals surface area contributed by atoms with E-state index in [-0.39, 0.29) is 22.7 Å². The van der Waals surface area contributed by atoms with Gasteiger partial charge in [0.05, 0.1) is 5.56 Å². The molecule has 5 nitrogen and oxygen atoms in total. The van der Waals surface area contributed by atoms with Crippen molar-refractivity contribution in [2.45, 2.75) is 25.8 Å². The molecule has 122 valence electrons. The molecule has 0 saturated carbocycles. The summed E-state index contributed by atoms with van der Waals surface area (Å²) in [5.41, 5.74) is -0.380. The Kier molecular flexibility index (Phi) is 5.38. The summed E-state index contributed by atoms with van der Waals surface area (Å²) in [6, 6.07) is 2.41. The minimum Gasteiger partial charge on any atom is -0.480 e. The second-order valence-corrected chi connectivity index (χ2v) is 5.65. The van der Waals surface area contributed by atoms with Crippen LogP contribution in [0.15, 0.2) is 23.6 Å². The number of carboxylic acids is 1. The van der Waals surface area contributed by atoms with E-state index in [2.05, 4.69) is 10.3 Å². The number of rotatable bonds is 6. The van der Waals surface area contributed by atoms with Gasteiger partial charge in [-0.3, -0.25) is 4.79 Å². The highest BCUT2D eigenvalue weighted by Crippen LogP contribution is 2.28. The first-order chi connectivity index (χ1) is 10.9. The molecular weight excluding hydrogens is 326 g/mol. The topological polar surface area (TPSA) is 79.3 Å². The standard InChI is InChI=1S/C15H14F2N2O3S/c1-2-4-10(15(21)22)18-13(20)11-7-23-14(19-11)12-8(16)5-3-6-9(12)17/h3,5-7,10H,2,4H2,1H3,(H,18,20)(H,21,22). The van der Waals surface area contributed by atoms with Crippen LogP contribution in [0.4, 0.5) is 8.78 Å². The Morgan fingerprint density at radius 3 is 2.57 bits per heavy atom. The van der Waals surface area contributed by atoms with Gasteiger partial charge in [0.1, 0.15) is 28.4 Å². The van der Waals surface area contributed by atoms with Crippen molar-refractivity contribution in [3.8, 4) is 10.6 Å². The number of carbonyl (C=O) groups excluding carboxylic acids is 1. The Hall–Kier alpha value is -2.35. The Morgan fingerprint density at radius 1 is 1.35 bits per heavy atom. The van der Waals surface area contributed by atoms with E-state index in [0.717, 1.165) is 23.5 Å². The van der Waals surface area contributed by atoms with Crippen LogP contribution < -0.4 is 5.32 Å². The third kappa shape index (κ3) is 3.89. The zero-order valence-electron chi connectivity index (χ0n) is 12.2. The number of amides is 1. The molecule has 0 aliphatic carbocycles. The Labute approximate surface area is 135 Å². The Bertz CT molecular complexity index is 713. The van der Waals surface area contributed by atoms with Gasteiger partial charge in [-0.1, -0.05) is 19.4 Å². The number of carbonyl (C=O) groups is 2. The van der Waals surface area contributed by atoms with Crippen LogP contribution in [0.1, 0.15) is 30.3 Å². The molecule has 0 bridgehead atoms. The van der Waals surface area contributed by atoms with Crippen LogP contribution in [0.5, 0.6) is 0 Å². The average Bonchev–Trinajstić information content (AvgIpc) is 2.96. The van der Waals surface area contributed by atoms with Crippen LogP contribution >= 0.6 is 11.3 Å². The summed E-state index contributed by atoms with van der Waals surface area (Å²) in [6.45, 7) is 1.80. The predicted octanol–water partition coefficient (Wildman–Crippen LogP) is 3.07. The normalized spacial score (nSPS) is 12.0. The number of carboxylic acid groups (broad SMARTS) is 1. The van der Waals surface area contributed by atoms with Gasteiger partial charge < -0.3 is 10.4 Å². The summed E-state index contributed by atoms with van der Waals surface area (Å²) < 4.78 is 27.4. The zero-order chi connectivity index (χ0) is 17.0. The maximum absolute atomic E-state index is 13.7. The first-order valence-corrected chi connectivity index (χ1v) is 7.75. The molecule has 1 heterocycles. The SMILES string of the molecule is CCCC(NC(=O)c1csc(-c2c(F)cccc2F)n1)C(=O)O. The van der Waals surface area contributed by atoms with E-state index in [0.29, 0.717) is 6.42 Å². The van der Waals surface area contributed by atoms with E-state index >= 15 is 0 Å². The van der Waals surface area contributed by atoms with Crippen LogP contribution in [0.3, 0.4) is 0 Å². The highest BCUT2D eigenvalue weighted by atomic mass is 32.1. The maximum Gasteiger partial charge on any atom is 0.326 e. The molecule has 0 saturated heterocycles. The average molecular weight is 340 g/mol. The minimum atomic E-state index is -1.14. The van der Waals surface area contributed by atoms with E-state index in [4.69, 9.17) is 5.11 Å². The maximum atomic E-state index is 13.7. The molecule has 1 aromatic carbocycles. The summed E-state index contributed by atoms with van der Waals surface area (Å²) in [6.07, 6.45) is 0.861. The van der Waals surface area contributed by atoms with Gasteiger partial charge >= 0.3 is 5.97 Å². The van der Waals surface area contributed by atoms with Gasteiger partial charge in [0.2, 0.25) is 0 Å². The van der Waals surface area contributed by atoms with Crippen LogP contribution in [-0.2, 0) is 4.79 Å². The van der Waals surface area contributed by atoms with Gasteiger partial charge in [-0.2, -0.15) is 0 Å². The molecule has 0 aliphatic rings. The van der Waals surface area contributed by atoms with Crippen molar-refractivity contribution in [2.24, 2.45) is 0 Å². The van der Waals surface area contributed by atoms with Gasteiger partial charge in [-0.15, -0.1) is 11.3 Å². The molecule has 23 heavy (non-hydrogen) atoms. The van der Waals surface area contributed by atoms with E-state index in [1.165, 1.54) is 11.4 Å². The van der Waals surface area contributed by atoms with Gasteiger partial charge in [-0.05, 0) is 18.6 Å². The van der Waals surface area contributed by atoms with Crippen molar-refractivity contribution in [3.63, 3.8) is 0 Å². The summed E-state index contributed by atoms with van der Waals surface area (Å²) in [5, 5.41) is 12.7. The number of nitrogens with zero attached hydrogens (tertiary/aromatic N) is 1. The van der Waals surface area contributed by atoms with Crippen molar-refractivity contribution >= 4 is 23.2 Å². The zero-order valence-corrected chi connectivity index (χ0v) is 13.0. The first-order valence-electron chi connectivity index (χ1n) is 6.87.